The molecule has 0 aromatic heterocycles. The summed E-state index contributed by atoms with van der Waals surface area (Å²) in [6.45, 7) is 6.75. The predicted molar refractivity (Wildman–Crippen MR) is 149 cm³/mol. The van der Waals surface area contributed by atoms with Crippen LogP contribution < -0.4 is 14.4 Å². The number of benzene rings is 2. The molecule has 8 nitrogen and oxygen atoms in total. The largest absolute Gasteiger partial charge is 0.497 e. The predicted octanol–water partition coefficient (Wildman–Crippen LogP) is 5.14. The summed E-state index contributed by atoms with van der Waals surface area (Å²) in [6.07, 6.45) is 1.26. The Morgan fingerprint density at radius 1 is 1.03 bits per heavy atom. The van der Waals surface area contributed by atoms with Crippen molar-refractivity contribution in [3.05, 3.63) is 57.0 Å². The fourth-order valence-electron chi connectivity index (χ4n) is 3.60. The Morgan fingerprint density at radius 3 is 2.08 bits per heavy atom. The maximum Gasteiger partial charge on any atom is 0.244 e. The number of rotatable bonds is 10. The summed E-state index contributed by atoms with van der Waals surface area (Å²) >= 11 is 18.4. The van der Waals surface area contributed by atoms with E-state index in [1.165, 1.54) is 17.0 Å². The van der Waals surface area contributed by atoms with Crippen molar-refractivity contribution in [1.29, 1.82) is 0 Å². The molecule has 0 radical (unpaired) electrons. The van der Waals surface area contributed by atoms with Crippen molar-refractivity contribution in [1.82, 2.24) is 10.2 Å². The topological polar surface area (TPSA) is 96.0 Å². The molecule has 2 amide bonds. The van der Waals surface area contributed by atoms with Gasteiger partial charge in [0.2, 0.25) is 21.8 Å². The third-order valence-corrected chi connectivity index (χ3v) is 7.49. The molecule has 2 aromatic rings. The molecule has 0 spiro atoms. The van der Waals surface area contributed by atoms with Crippen molar-refractivity contribution in [3.63, 3.8) is 0 Å². The van der Waals surface area contributed by atoms with Crippen LogP contribution in [0.3, 0.4) is 0 Å². The van der Waals surface area contributed by atoms with Gasteiger partial charge in [0.25, 0.3) is 0 Å². The van der Waals surface area contributed by atoms with Crippen molar-refractivity contribution in [2.75, 3.05) is 24.2 Å². The molecule has 0 saturated carbocycles. The highest BCUT2D eigenvalue weighted by Gasteiger charge is 2.33. The number of ether oxygens (including phenoxy) is 1. The third-order valence-electron chi connectivity index (χ3n) is 5.33. The van der Waals surface area contributed by atoms with Gasteiger partial charge in [-0.2, -0.15) is 0 Å². The van der Waals surface area contributed by atoms with Crippen LogP contribution >= 0.6 is 34.8 Å². The van der Waals surface area contributed by atoms with E-state index in [4.69, 9.17) is 39.5 Å². The average Bonchev–Trinajstić information content (AvgIpc) is 2.78. The van der Waals surface area contributed by atoms with Crippen molar-refractivity contribution >= 4 is 62.3 Å². The fraction of sp³-hybridized carbons (Fsp3) is 0.440. The van der Waals surface area contributed by atoms with Crippen LogP contribution in [0.4, 0.5) is 5.69 Å². The number of carbonyl (C=O) groups excluding carboxylic acids is 2. The molecule has 0 fully saturated rings. The zero-order valence-electron chi connectivity index (χ0n) is 21.6. The van der Waals surface area contributed by atoms with Crippen molar-refractivity contribution in [3.8, 4) is 5.75 Å². The van der Waals surface area contributed by atoms with Gasteiger partial charge in [-0.15, -0.1) is 0 Å². The van der Waals surface area contributed by atoms with Gasteiger partial charge in [-0.05, 0) is 57.0 Å². The molecule has 12 heteroatoms. The number of nitrogens with zero attached hydrogens (tertiary/aromatic N) is 2. The van der Waals surface area contributed by atoms with Crippen molar-refractivity contribution in [2.45, 2.75) is 52.2 Å². The number of hydrogen-bond donors (Lipinski definition) is 1. The summed E-state index contributed by atoms with van der Waals surface area (Å²) in [6, 6.07) is 8.77. The number of hydrogen-bond acceptors (Lipinski definition) is 5. The summed E-state index contributed by atoms with van der Waals surface area (Å²) in [5.74, 6) is -0.314. The van der Waals surface area contributed by atoms with Crippen LogP contribution in [-0.4, -0.2) is 56.6 Å². The quantitative estimate of drug-likeness (QED) is 0.385. The monoisotopic (exact) mass is 591 g/mol. The second-order valence-electron chi connectivity index (χ2n) is 9.52. The Morgan fingerprint density at radius 2 is 1.59 bits per heavy atom. The van der Waals surface area contributed by atoms with Crippen LogP contribution in [0.2, 0.25) is 15.1 Å². The normalized spacial score (nSPS) is 12.6. The average molecular weight is 593 g/mol. The number of methoxy groups -OCH3 is 1. The van der Waals surface area contributed by atoms with Crippen LogP contribution in [0.5, 0.6) is 5.75 Å². The van der Waals surface area contributed by atoms with Gasteiger partial charge in [0.15, 0.2) is 0 Å². The highest BCUT2D eigenvalue weighted by Crippen LogP contribution is 2.35. The van der Waals surface area contributed by atoms with Gasteiger partial charge in [-0.3, -0.25) is 13.9 Å². The van der Waals surface area contributed by atoms with Gasteiger partial charge < -0.3 is 15.0 Å². The third kappa shape index (κ3) is 8.67. The lowest BCUT2D eigenvalue weighted by Crippen LogP contribution is -2.55. The first-order chi connectivity index (χ1) is 17.1. The van der Waals surface area contributed by atoms with Crippen LogP contribution in [0.15, 0.2) is 36.4 Å². The summed E-state index contributed by atoms with van der Waals surface area (Å²) < 4.78 is 31.6. The number of nitrogens with one attached hydrogen (secondary N) is 1. The number of halogens is 3. The SMILES string of the molecule is CC[C@@H](C(=O)NC(C)(C)C)N(Cc1ccc(OC)cc1)C(=O)CN(c1cc(Cl)c(Cl)cc1Cl)S(C)(=O)=O. The Bertz CT molecular complexity index is 1230. The lowest BCUT2D eigenvalue weighted by atomic mass is 10.1. The summed E-state index contributed by atoms with van der Waals surface area (Å²) in [7, 11) is -2.44. The van der Waals surface area contributed by atoms with Crippen LogP contribution in [-0.2, 0) is 26.2 Å². The first kappa shape index (κ1) is 31.0. The maximum atomic E-state index is 13.7. The molecule has 0 bridgehead atoms. The molecule has 0 saturated heterocycles. The van der Waals surface area contributed by atoms with E-state index in [2.05, 4.69) is 5.32 Å². The second kappa shape index (κ2) is 12.6. The van der Waals surface area contributed by atoms with Gasteiger partial charge in [0.05, 0.1) is 34.1 Å². The molecule has 1 atom stereocenters. The molecule has 37 heavy (non-hydrogen) atoms. The van der Waals surface area contributed by atoms with E-state index in [1.807, 2.05) is 20.8 Å². The lowest BCUT2D eigenvalue weighted by molar-refractivity contribution is -0.141. The summed E-state index contributed by atoms with van der Waals surface area (Å²) in [5, 5.41) is 3.13. The molecule has 0 heterocycles. The highest BCUT2D eigenvalue weighted by molar-refractivity contribution is 7.92. The molecule has 1 N–H and O–H groups in total. The zero-order valence-corrected chi connectivity index (χ0v) is 24.7. The second-order valence-corrected chi connectivity index (χ2v) is 12.6. The van der Waals surface area contributed by atoms with E-state index >= 15 is 0 Å². The maximum absolute atomic E-state index is 13.7. The number of amides is 2. The molecule has 204 valence electrons. The smallest absolute Gasteiger partial charge is 0.244 e. The first-order valence-corrected chi connectivity index (χ1v) is 14.4. The molecule has 2 rings (SSSR count). The van der Waals surface area contributed by atoms with E-state index in [0.717, 1.165) is 16.1 Å². The van der Waals surface area contributed by atoms with Crippen LogP contribution in [0.1, 0.15) is 39.7 Å². The molecule has 0 aliphatic rings. The molecular formula is C25H32Cl3N3O5S. The fourth-order valence-corrected chi connectivity index (χ4v) is 5.14. The minimum atomic E-state index is -3.98. The number of carbonyl (C=O) groups is 2. The van der Waals surface area contributed by atoms with Gasteiger partial charge in [0, 0.05) is 12.1 Å². The molecular weight excluding hydrogens is 561 g/mol. The van der Waals surface area contributed by atoms with E-state index in [1.54, 1.807) is 38.3 Å². The Labute approximate surface area is 233 Å². The Balaban J connectivity index is 2.52. The van der Waals surface area contributed by atoms with Gasteiger partial charge in [-0.1, -0.05) is 53.9 Å². The lowest BCUT2D eigenvalue weighted by Gasteiger charge is -2.34. The van der Waals surface area contributed by atoms with Crippen LogP contribution in [0.25, 0.3) is 0 Å². The molecule has 0 aliphatic heterocycles. The van der Waals surface area contributed by atoms with Gasteiger partial charge in [0.1, 0.15) is 18.3 Å². The van der Waals surface area contributed by atoms with Crippen molar-refractivity contribution in [2.24, 2.45) is 0 Å². The molecule has 2 aromatic carbocycles. The minimum Gasteiger partial charge on any atom is -0.497 e. The minimum absolute atomic E-state index is 0.00325. The van der Waals surface area contributed by atoms with Crippen LogP contribution in [0, 0.1) is 0 Å². The standard InChI is InChI=1S/C25H32Cl3N3O5S/c1-7-21(24(33)29-25(2,3)4)30(14-16-8-10-17(36-5)11-9-16)23(32)15-31(37(6,34)35)22-13-19(27)18(26)12-20(22)28/h8-13,21H,7,14-15H2,1-6H3,(H,29,33)/t21-/m0/s1. The van der Waals surface area contributed by atoms with E-state index in [-0.39, 0.29) is 33.2 Å². The van der Waals surface area contributed by atoms with E-state index in [0.29, 0.717) is 12.2 Å². The zero-order chi connectivity index (χ0) is 28.1. The number of anilines is 1. The van der Waals surface area contributed by atoms with E-state index < -0.39 is 34.1 Å². The summed E-state index contributed by atoms with van der Waals surface area (Å²) in [4.78, 5) is 28.3. The molecule has 0 aliphatic carbocycles. The van der Waals surface area contributed by atoms with Crippen molar-refractivity contribution < 1.29 is 22.7 Å². The van der Waals surface area contributed by atoms with Gasteiger partial charge >= 0.3 is 0 Å². The molecule has 0 unspecified atom stereocenters. The number of sulfonamides is 1. The Hall–Kier alpha value is -2.20. The van der Waals surface area contributed by atoms with E-state index in [9.17, 15) is 18.0 Å². The first-order valence-electron chi connectivity index (χ1n) is 11.4. The highest BCUT2D eigenvalue weighted by atomic mass is 35.5. The Kier molecular flexibility index (Phi) is 10.5. The summed E-state index contributed by atoms with van der Waals surface area (Å²) in [5.41, 5.74) is 0.198. The van der Waals surface area contributed by atoms with Gasteiger partial charge in [-0.25, -0.2) is 8.42 Å².